The van der Waals surface area contributed by atoms with Crippen molar-refractivity contribution in [3.05, 3.63) is 53.1 Å². The van der Waals surface area contributed by atoms with Gasteiger partial charge >= 0.3 is 7.12 Å². The Morgan fingerprint density at radius 2 is 1.71 bits per heavy atom. The summed E-state index contributed by atoms with van der Waals surface area (Å²) in [7, 11) is -1.47. The summed E-state index contributed by atoms with van der Waals surface area (Å²) in [6, 6.07) is 12.8. The molecule has 0 bridgehead atoms. The van der Waals surface area contributed by atoms with Gasteiger partial charge in [0.1, 0.15) is 0 Å². The molecule has 2 N–H and O–H groups in total. The van der Waals surface area contributed by atoms with Gasteiger partial charge in [0.25, 0.3) is 0 Å². The molecule has 17 heavy (non-hydrogen) atoms. The number of hydrogen-bond acceptors (Lipinski definition) is 2. The van der Waals surface area contributed by atoms with Crippen LogP contribution < -0.4 is 5.46 Å². The van der Waals surface area contributed by atoms with E-state index in [-0.39, 0.29) is 0 Å². The van der Waals surface area contributed by atoms with Crippen molar-refractivity contribution in [1.82, 2.24) is 0 Å². The fraction of sp³-hybridized carbons (Fsp3) is 0.0769. The van der Waals surface area contributed by atoms with Gasteiger partial charge in [-0.05, 0) is 41.2 Å². The zero-order valence-corrected chi connectivity index (χ0v) is 10.1. The Kier molecular flexibility index (Phi) is 3.53. The molecule has 0 saturated carbocycles. The van der Waals surface area contributed by atoms with E-state index in [1.54, 1.807) is 18.2 Å². The van der Waals surface area contributed by atoms with Crippen LogP contribution in [0.4, 0.5) is 0 Å². The summed E-state index contributed by atoms with van der Waals surface area (Å²) in [5.41, 5.74) is 3.28. The Bertz CT molecular complexity index is 541. The highest BCUT2D eigenvalue weighted by atomic mass is 35.5. The van der Waals surface area contributed by atoms with Crippen LogP contribution in [-0.2, 0) is 0 Å². The van der Waals surface area contributed by atoms with Gasteiger partial charge in [-0.1, -0.05) is 41.9 Å². The largest absolute Gasteiger partial charge is 0.489 e. The van der Waals surface area contributed by atoms with Gasteiger partial charge in [0, 0.05) is 5.02 Å². The van der Waals surface area contributed by atoms with Crippen molar-refractivity contribution in [1.29, 1.82) is 0 Å². The van der Waals surface area contributed by atoms with Crippen molar-refractivity contribution in [2.75, 3.05) is 0 Å². The van der Waals surface area contributed by atoms with Crippen LogP contribution in [0.5, 0.6) is 0 Å². The molecule has 0 aromatic heterocycles. The molecule has 0 atom stereocenters. The maximum atomic E-state index is 9.34. The number of aryl methyl sites for hydroxylation is 1. The second-order valence-electron chi connectivity index (χ2n) is 3.92. The van der Waals surface area contributed by atoms with Gasteiger partial charge in [0.05, 0.1) is 0 Å². The lowest BCUT2D eigenvalue weighted by atomic mass is 9.75. The van der Waals surface area contributed by atoms with E-state index >= 15 is 0 Å². The van der Waals surface area contributed by atoms with Crippen molar-refractivity contribution in [2.45, 2.75) is 6.92 Å². The van der Waals surface area contributed by atoms with Gasteiger partial charge in [-0.3, -0.25) is 0 Å². The molecule has 4 heteroatoms. The first-order valence-corrected chi connectivity index (χ1v) is 5.69. The Balaban J connectivity index is 2.60. The van der Waals surface area contributed by atoms with Crippen LogP contribution in [0.15, 0.2) is 42.5 Å². The zero-order chi connectivity index (χ0) is 12.4. The van der Waals surface area contributed by atoms with E-state index in [0.717, 1.165) is 16.7 Å². The molecule has 2 aromatic carbocycles. The summed E-state index contributed by atoms with van der Waals surface area (Å²) in [6.07, 6.45) is 0. The number of rotatable bonds is 2. The highest BCUT2D eigenvalue weighted by Crippen LogP contribution is 2.24. The minimum Gasteiger partial charge on any atom is -0.423 e. The van der Waals surface area contributed by atoms with Crippen LogP contribution in [0.2, 0.25) is 5.02 Å². The van der Waals surface area contributed by atoms with Crippen molar-refractivity contribution in [3.63, 3.8) is 0 Å². The molecule has 0 saturated heterocycles. The Morgan fingerprint density at radius 3 is 2.35 bits per heavy atom. The third-order valence-corrected chi connectivity index (χ3v) is 2.95. The zero-order valence-electron chi connectivity index (χ0n) is 9.39. The van der Waals surface area contributed by atoms with Gasteiger partial charge in [-0.25, -0.2) is 0 Å². The molecular weight excluding hydrogens is 234 g/mol. The van der Waals surface area contributed by atoms with Crippen molar-refractivity contribution >= 4 is 24.2 Å². The van der Waals surface area contributed by atoms with Crippen molar-refractivity contribution < 1.29 is 10.0 Å². The van der Waals surface area contributed by atoms with Gasteiger partial charge in [-0.15, -0.1) is 0 Å². The normalized spacial score (nSPS) is 10.4. The van der Waals surface area contributed by atoms with E-state index in [0.29, 0.717) is 10.5 Å². The third kappa shape index (κ3) is 2.52. The van der Waals surface area contributed by atoms with Crippen molar-refractivity contribution in [3.8, 4) is 11.1 Å². The summed E-state index contributed by atoms with van der Waals surface area (Å²) < 4.78 is 0. The SMILES string of the molecule is Cc1cc(Cl)ccc1-c1ccccc1B(O)O. The van der Waals surface area contributed by atoms with E-state index in [1.807, 2.05) is 31.2 Å². The quantitative estimate of drug-likeness (QED) is 0.796. The number of hydrogen-bond donors (Lipinski definition) is 2. The fourth-order valence-electron chi connectivity index (χ4n) is 1.90. The van der Waals surface area contributed by atoms with Crippen LogP contribution >= 0.6 is 11.6 Å². The fourth-order valence-corrected chi connectivity index (χ4v) is 2.12. The second-order valence-corrected chi connectivity index (χ2v) is 4.36. The summed E-state index contributed by atoms with van der Waals surface area (Å²) in [5.74, 6) is 0. The number of halogens is 1. The molecule has 0 amide bonds. The van der Waals surface area contributed by atoms with Crippen LogP contribution in [0, 0.1) is 6.92 Å². The smallest absolute Gasteiger partial charge is 0.423 e. The summed E-state index contributed by atoms with van der Waals surface area (Å²) in [4.78, 5) is 0. The summed E-state index contributed by atoms with van der Waals surface area (Å²) in [6.45, 7) is 1.95. The van der Waals surface area contributed by atoms with E-state index in [9.17, 15) is 10.0 Å². The second kappa shape index (κ2) is 4.92. The van der Waals surface area contributed by atoms with Crippen LogP contribution in [0.1, 0.15) is 5.56 Å². The Hall–Kier alpha value is -1.29. The van der Waals surface area contributed by atoms with E-state index in [1.165, 1.54) is 0 Å². The molecule has 2 nitrogen and oxygen atoms in total. The predicted octanol–water partition coefficient (Wildman–Crippen LogP) is 2.00. The molecular formula is C13H12BClO2. The average Bonchev–Trinajstić information content (AvgIpc) is 2.29. The summed E-state index contributed by atoms with van der Waals surface area (Å²) >= 11 is 5.91. The Labute approximate surface area is 106 Å². The van der Waals surface area contributed by atoms with Crippen LogP contribution in [0.25, 0.3) is 11.1 Å². The molecule has 0 fully saturated rings. The standard InChI is InChI=1S/C13H12BClO2/c1-9-8-10(15)6-7-11(9)12-4-2-3-5-13(12)14(16)17/h2-8,16-17H,1H3. The lowest BCUT2D eigenvalue weighted by Crippen LogP contribution is -2.31. The summed E-state index contributed by atoms with van der Waals surface area (Å²) in [5, 5.41) is 19.4. The topological polar surface area (TPSA) is 40.5 Å². The predicted molar refractivity (Wildman–Crippen MR) is 71.5 cm³/mol. The highest BCUT2D eigenvalue weighted by molar-refractivity contribution is 6.60. The Morgan fingerprint density at radius 1 is 1.00 bits per heavy atom. The molecule has 2 rings (SSSR count). The minimum atomic E-state index is -1.47. The molecule has 0 heterocycles. The number of benzene rings is 2. The molecule has 0 aliphatic carbocycles. The monoisotopic (exact) mass is 246 g/mol. The lowest BCUT2D eigenvalue weighted by molar-refractivity contribution is 0.426. The van der Waals surface area contributed by atoms with Gasteiger partial charge in [0.2, 0.25) is 0 Å². The van der Waals surface area contributed by atoms with Crippen molar-refractivity contribution in [2.24, 2.45) is 0 Å². The molecule has 0 aliphatic rings. The van der Waals surface area contributed by atoms with E-state index in [4.69, 9.17) is 11.6 Å². The van der Waals surface area contributed by atoms with Gasteiger partial charge in [-0.2, -0.15) is 0 Å². The average molecular weight is 247 g/mol. The third-order valence-electron chi connectivity index (χ3n) is 2.72. The molecule has 0 spiro atoms. The minimum absolute atomic E-state index is 0.498. The van der Waals surface area contributed by atoms with E-state index < -0.39 is 7.12 Å². The first-order chi connectivity index (χ1) is 8.09. The molecule has 0 unspecified atom stereocenters. The highest BCUT2D eigenvalue weighted by Gasteiger charge is 2.17. The first-order valence-electron chi connectivity index (χ1n) is 5.31. The molecule has 0 aliphatic heterocycles. The molecule has 2 aromatic rings. The maximum absolute atomic E-state index is 9.34. The molecule has 0 radical (unpaired) electrons. The maximum Gasteiger partial charge on any atom is 0.489 e. The van der Waals surface area contributed by atoms with Crippen LogP contribution in [-0.4, -0.2) is 17.2 Å². The van der Waals surface area contributed by atoms with Gasteiger partial charge in [0.15, 0.2) is 0 Å². The lowest BCUT2D eigenvalue weighted by Gasteiger charge is -2.11. The first kappa shape index (κ1) is 12.2. The van der Waals surface area contributed by atoms with E-state index in [2.05, 4.69) is 0 Å². The molecule has 86 valence electrons. The van der Waals surface area contributed by atoms with Crippen LogP contribution in [0.3, 0.4) is 0 Å². The van der Waals surface area contributed by atoms with Gasteiger partial charge < -0.3 is 10.0 Å².